The Bertz CT molecular complexity index is 556. The van der Waals surface area contributed by atoms with Gasteiger partial charge in [-0.15, -0.1) is 11.3 Å². The third-order valence-corrected chi connectivity index (χ3v) is 4.08. The van der Waals surface area contributed by atoms with Gasteiger partial charge in [-0.05, 0) is 25.5 Å². The molecule has 2 rings (SSSR count). The highest BCUT2D eigenvalue weighted by atomic mass is 35.5. The van der Waals surface area contributed by atoms with Crippen LogP contribution in [0.25, 0.3) is 0 Å². The zero-order valence-electron chi connectivity index (χ0n) is 11.7. The molecule has 0 saturated heterocycles. The second-order valence-electron chi connectivity index (χ2n) is 4.39. The topological polar surface area (TPSA) is 49.8 Å². The van der Waals surface area contributed by atoms with Crippen LogP contribution < -0.4 is 10.6 Å². The monoisotopic (exact) mass is 310 g/mol. The Labute approximate surface area is 128 Å². The summed E-state index contributed by atoms with van der Waals surface area (Å²) in [5.74, 6) is 1.83. The maximum absolute atomic E-state index is 5.94. The van der Waals surface area contributed by atoms with E-state index in [1.165, 1.54) is 4.88 Å². The van der Waals surface area contributed by atoms with Gasteiger partial charge in [-0.3, -0.25) is 0 Å². The molecule has 0 unspecified atom stereocenters. The van der Waals surface area contributed by atoms with Crippen molar-refractivity contribution in [3.8, 4) is 0 Å². The number of rotatable bonds is 7. The summed E-state index contributed by atoms with van der Waals surface area (Å²) in [6, 6.07) is 3.95. The summed E-state index contributed by atoms with van der Waals surface area (Å²) < 4.78 is 0.812. The lowest BCUT2D eigenvalue weighted by molar-refractivity contribution is 0.896. The Morgan fingerprint density at radius 2 is 1.90 bits per heavy atom. The highest BCUT2D eigenvalue weighted by Crippen LogP contribution is 2.25. The number of nitrogens with zero attached hydrogens (tertiary/aromatic N) is 2. The van der Waals surface area contributed by atoms with Gasteiger partial charge in [0.1, 0.15) is 18.0 Å². The van der Waals surface area contributed by atoms with Gasteiger partial charge in [-0.2, -0.15) is 0 Å². The van der Waals surface area contributed by atoms with E-state index in [0.717, 1.165) is 47.5 Å². The molecular formula is C14H19ClN4S. The average molecular weight is 311 g/mol. The maximum atomic E-state index is 5.94. The zero-order chi connectivity index (χ0) is 14.4. The first kappa shape index (κ1) is 15.1. The normalized spacial score (nSPS) is 10.6. The van der Waals surface area contributed by atoms with E-state index >= 15 is 0 Å². The van der Waals surface area contributed by atoms with Crippen LogP contribution in [0.1, 0.15) is 30.7 Å². The fraction of sp³-hybridized carbons (Fsp3) is 0.429. The average Bonchev–Trinajstić information content (AvgIpc) is 2.85. The molecular weight excluding hydrogens is 292 g/mol. The van der Waals surface area contributed by atoms with Crippen molar-refractivity contribution >= 4 is 34.6 Å². The molecule has 6 heteroatoms. The Kier molecular flexibility index (Phi) is 5.61. The highest BCUT2D eigenvalue weighted by molar-refractivity contribution is 7.16. The molecule has 20 heavy (non-hydrogen) atoms. The van der Waals surface area contributed by atoms with Crippen molar-refractivity contribution in [1.82, 2.24) is 9.97 Å². The number of hydrogen-bond acceptors (Lipinski definition) is 5. The molecule has 2 aromatic rings. The molecule has 2 heterocycles. The first-order valence-electron chi connectivity index (χ1n) is 6.80. The van der Waals surface area contributed by atoms with Crippen molar-refractivity contribution in [1.29, 1.82) is 0 Å². The van der Waals surface area contributed by atoms with Crippen LogP contribution in [-0.4, -0.2) is 16.5 Å². The van der Waals surface area contributed by atoms with Crippen LogP contribution in [0.4, 0.5) is 11.6 Å². The van der Waals surface area contributed by atoms with E-state index in [2.05, 4.69) is 34.4 Å². The van der Waals surface area contributed by atoms with Crippen LogP contribution in [0.5, 0.6) is 0 Å². The number of aromatic nitrogens is 2. The van der Waals surface area contributed by atoms with Crippen LogP contribution in [0.3, 0.4) is 0 Å². The second-order valence-corrected chi connectivity index (χ2v) is 6.19. The Morgan fingerprint density at radius 3 is 2.50 bits per heavy atom. The molecule has 108 valence electrons. The molecule has 0 atom stereocenters. The Hall–Kier alpha value is -1.33. The third kappa shape index (κ3) is 3.84. The van der Waals surface area contributed by atoms with Crippen molar-refractivity contribution in [2.45, 2.75) is 33.2 Å². The van der Waals surface area contributed by atoms with Crippen molar-refractivity contribution < 1.29 is 0 Å². The van der Waals surface area contributed by atoms with Crippen LogP contribution >= 0.6 is 22.9 Å². The van der Waals surface area contributed by atoms with Gasteiger partial charge in [0.2, 0.25) is 0 Å². The van der Waals surface area contributed by atoms with Crippen LogP contribution in [-0.2, 0) is 13.0 Å². The first-order chi connectivity index (χ1) is 9.74. The van der Waals surface area contributed by atoms with E-state index in [0.29, 0.717) is 0 Å². The molecule has 0 aliphatic heterocycles. The van der Waals surface area contributed by atoms with Gasteiger partial charge in [-0.1, -0.05) is 24.9 Å². The van der Waals surface area contributed by atoms with Gasteiger partial charge in [0, 0.05) is 17.0 Å². The number of halogens is 1. The lowest BCUT2D eigenvalue weighted by Gasteiger charge is -2.14. The lowest BCUT2D eigenvalue weighted by atomic mass is 10.1. The fourth-order valence-electron chi connectivity index (χ4n) is 1.99. The SMILES string of the molecule is CCCc1c(NCC)ncnc1NCc1ccc(Cl)s1. The van der Waals surface area contributed by atoms with Crippen molar-refractivity contribution in [2.24, 2.45) is 0 Å². The van der Waals surface area contributed by atoms with Crippen molar-refractivity contribution in [2.75, 3.05) is 17.2 Å². The van der Waals surface area contributed by atoms with Crippen molar-refractivity contribution in [3.05, 3.63) is 33.2 Å². The minimum atomic E-state index is 0.733. The summed E-state index contributed by atoms with van der Waals surface area (Å²) in [5, 5.41) is 6.68. The first-order valence-corrected chi connectivity index (χ1v) is 7.99. The molecule has 0 aliphatic rings. The van der Waals surface area contributed by atoms with Crippen LogP contribution in [0.2, 0.25) is 4.34 Å². The third-order valence-electron chi connectivity index (χ3n) is 2.85. The minimum absolute atomic E-state index is 0.733. The molecule has 0 saturated carbocycles. The van der Waals surface area contributed by atoms with E-state index in [4.69, 9.17) is 11.6 Å². The maximum Gasteiger partial charge on any atom is 0.135 e. The second kappa shape index (κ2) is 7.45. The van der Waals surface area contributed by atoms with E-state index < -0.39 is 0 Å². The predicted octanol–water partition coefficient (Wildman–Crippen LogP) is 4.19. The van der Waals surface area contributed by atoms with E-state index in [9.17, 15) is 0 Å². The molecule has 2 N–H and O–H groups in total. The molecule has 0 aromatic carbocycles. The molecule has 0 fully saturated rings. The van der Waals surface area contributed by atoms with Gasteiger partial charge < -0.3 is 10.6 Å². The van der Waals surface area contributed by atoms with E-state index in [-0.39, 0.29) is 0 Å². The summed E-state index contributed by atoms with van der Waals surface area (Å²) in [4.78, 5) is 9.89. The minimum Gasteiger partial charge on any atom is -0.370 e. The largest absolute Gasteiger partial charge is 0.370 e. The van der Waals surface area contributed by atoms with E-state index in [1.54, 1.807) is 17.7 Å². The predicted molar refractivity (Wildman–Crippen MR) is 86.8 cm³/mol. The summed E-state index contributed by atoms with van der Waals surface area (Å²) >= 11 is 7.53. The lowest BCUT2D eigenvalue weighted by Crippen LogP contribution is -2.09. The molecule has 0 radical (unpaired) electrons. The smallest absolute Gasteiger partial charge is 0.135 e. The molecule has 2 aromatic heterocycles. The summed E-state index contributed by atoms with van der Waals surface area (Å²) in [5.41, 5.74) is 1.15. The standard InChI is InChI=1S/C14H19ClN4S/c1-3-5-11-13(16-4-2)18-9-19-14(11)17-8-10-6-7-12(15)20-10/h6-7,9H,3-5,8H2,1-2H3,(H2,16,17,18,19). The van der Waals surface area contributed by atoms with Gasteiger partial charge in [0.15, 0.2) is 0 Å². The molecule has 0 aliphatic carbocycles. The summed E-state index contributed by atoms with van der Waals surface area (Å²) in [7, 11) is 0. The highest BCUT2D eigenvalue weighted by Gasteiger charge is 2.10. The fourth-order valence-corrected chi connectivity index (χ4v) is 3.02. The Balaban J connectivity index is 2.14. The van der Waals surface area contributed by atoms with Gasteiger partial charge >= 0.3 is 0 Å². The number of nitrogens with one attached hydrogen (secondary N) is 2. The number of anilines is 2. The molecule has 0 spiro atoms. The van der Waals surface area contributed by atoms with Crippen molar-refractivity contribution in [3.63, 3.8) is 0 Å². The van der Waals surface area contributed by atoms with Crippen LogP contribution in [0.15, 0.2) is 18.5 Å². The number of hydrogen-bond donors (Lipinski definition) is 2. The Morgan fingerprint density at radius 1 is 1.15 bits per heavy atom. The molecule has 0 amide bonds. The van der Waals surface area contributed by atoms with E-state index in [1.807, 2.05) is 12.1 Å². The summed E-state index contributed by atoms with van der Waals surface area (Å²) in [6.07, 6.45) is 3.61. The van der Waals surface area contributed by atoms with Gasteiger partial charge in [0.25, 0.3) is 0 Å². The van der Waals surface area contributed by atoms with Gasteiger partial charge in [-0.25, -0.2) is 9.97 Å². The molecule has 4 nitrogen and oxygen atoms in total. The van der Waals surface area contributed by atoms with Gasteiger partial charge in [0.05, 0.1) is 10.9 Å². The zero-order valence-corrected chi connectivity index (χ0v) is 13.3. The molecule has 0 bridgehead atoms. The summed E-state index contributed by atoms with van der Waals surface area (Å²) in [6.45, 7) is 5.81. The number of thiophene rings is 1. The van der Waals surface area contributed by atoms with Crippen LogP contribution in [0, 0.1) is 0 Å². The quantitative estimate of drug-likeness (QED) is 0.805.